The van der Waals surface area contributed by atoms with E-state index in [1.807, 2.05) is 0 Å². The van der Waals surface area contributed by atoms with E-state index in [9.17, 15) is 44.6 Å². The van der Waals surface area contributed by atoms with Gasteiger partial charge in [-0.25, -0.2) is 4.57 Å². The molecule has 0 amide bonds. The minimum atomic E-state index is -5.12. The Morgan fingerprint density at radius 2 is 0.864 bits per heavy atom. The summed E-state index contributed by atoms with van der Waals surface area (Å²) in [6, 6.07) is 0. The van der Waals surface area contributed by atoms with Gasteiger partial charge in [-0.05, 0) is 64.2 Å². The Kier molecular flexibility index (Phi) is 33.7. The van der Waals surface area contributed by atoms with Crippen LogP contribution >= 0.6 is 7.82 Å². The van der Waals surface area contributed by atoms with E-state index in [0.29, 0.717) is 12.8 Å². The third kappa shape index (κ3) is 28.5. The van der Waals surface area contributed by atoms with Crippen LogP contribution in [0, 0.1) is 0 Å². The summed E-state index contributed by atoms with van der Waals surface area (Å²) in [6.07, 6.45) is 25.2. The lowest BCUT2D eigenvalue weighted by atomic mass is 9.85. The average molecular weight is 863 g/mol. The number of rotatable bonds is 38. The number of carbonyl (C=O) groups excluding carboxylic acids is 2. The first-order valence-electron chi connectivity index (χ1n) is 23.1. The molecule has 0 aromatic rings. The van der Waals surface area contributed by atoms with Crippen molar-refractivity contribution in [2.24, 2.45) is 0 Å². The Hall–Kier alpha value is -1.67. The molecule has 59 heavy (non-hydrogen) atoms. The van der Waals surface area contributed by atoms with Crippen LogP contribution in [0.15, 0.2) is 24.3 Å². The molecule has 0 saturated heterocycles. The van der Waals surface area contributed by atoms with E-state index in [2.05, 4.69) is 38.2 Å². The van der Waals surface area contributed by atoms with Crippen molar-refractivity contribution in [1.82, 2.24) is 0 Å². The van der Waals surface area contributed by atoms with Crippen molar-refractivity contribution in [2.45, 2.75) is 236 Å². The van der Waals surface area contributed by atoms with Crippen LogP contribution in [0.3, 0.4) is 0 Å². The molecule has 1 saturated carbocycles. The molecule has 346 valence electrons. The average Bonchev–Trinajstić information content (AvgIpc) is 3.21. The second kappa shape index (κ2) is 35.9. The van der Waals surface area contributed by atoms with E-state index in [4.69, 9.17) is 18.5 Å². The molecular formula is C45H83O13P. The fourth-order valence-electron chi connectivity index (χ4n) is 6.98. The summed E-state index contributed by atoms with van der Waals surface area (Å²) in [4.78, 5) is 35.7. The highest BCUT2D eigenvalue weighted by Crippen LogP contribution is 2.47. The molecule has 0 bridgehead atoms. The lowest BCUT2D eigenvalue weighted by Crippen LogP contribution is -2.64. The van der Waals surface area contributed by atoms with Crippen LogP contribution in [0.1, 0.15) is 194 Å². The first-order chi connectivity index (χ1) is 28.4. The number of hydrogen-bond donors (Lipinski definition) is 6. The summed E-state index contributed by atoms with van der Waals surface area (Å²) >= 11 is 0. The third-order valence-corrected chi connectivity index (χ3v) is 11.8. The fourth-order valence-corrected chi connectivity index (χ4v) is 7.95. The Morgan fingerprint density at radius 3 is 1.32 bits per heavy atom. The number of esters is 2. The van der Waals surface area contributed by atoms with Crippen molar-refractivity contribution in [3.05, 3.63) is 24.3 Å². The standard InChI is InChI=1S/C45H83O13P/c1-3-5-7-9-11-13-15-17-18-19-20-22-23-25-27-29-31-33-38(46)55-35-37(36-56-59(53,54)58-45-43(51)41(49)40(48)42(50)44(45)52)57-39(47)34-32-30-28-26-24-21-16-14-12-10-8-6-4-2/h13,15,21,24,37,40-45,48-52H,3-12,14,16-20,22-23,25-36H2,1-2H3,(H,53,54)/b15-13+,24-21+/t37-,40?,41-,42?,43?,44?,45?/m0/s1. The van der Waals surface area contributed by atoms with Crippen molar-refractivity contribution < 1.29 is 63.1 Å². The van der Waals surface area contributed by atoms with Gasteiger partial charge in [-0.1, -0.05) is 141 Å². The highest BCUT2D eigenvalue weighted by Gasteiger charge is 2.51. The quantitative estimate of drug-likeness (QED) is 0.0149. The van der Waals surface area contributed by atoms with Crippen LogP contribution in [-0.2, 0) is 32.7 Å². The Bertz CT molecular complexity index is 1130. The minimum absolute atomic E-state index is 0.0777. The van der Waals surface area contributed by atoms with E-state index in [0.717, 1.165) is 51.4 Å². The summed E-state index contributed by atoms with van der Waals surface area (Å²) in [5.74, 6) is -1.12. The number of phosphoric acid groups is 1. The Labute approximate surface area is 356 Å². The minimum Gasteiger partial charge on any atom is -0.462 e. The normalized spacial score (nSPS) is 22.5. The molecule has 6 N–H and O–H groups in total. The van der Waals surface area contributed by atoms with E-state index in [1.165, 1.54) is 103 Å². The van der Waals surface area contributed by atoms with E-state index < -0.39 is 75.7 Å². The summed E-state index contributed by atoms with van der Waals surface area (Å²) in [5, 5.41) is 50.1. The molecule has 6 unspecified atom stereocenters. The summed E-state index contributed by atoms with van der Waals surface area (Å²) in [7, 11) is -5.12. The summed E-state index contributed by atoms with van der Waals surface area (Å²) in [6.45, 7) is 3.27. The van der Waals surface area contributed by atoms with Gasteiger partial charge in [0.1, 0.15) is 43.2 Å². The van der Waals surface area contributed by atoms with Gasteiger partial charge in [0, 0.05) is 12.8 Å². The van der Waals surface area contributed by atoms with Gasteiger partial charge in [-0.2, -0.15) is 0 Å². The molecule has 1 aliphatic rings. The van der Waals surface area contributed by atoms with Gasteiger partial charge in [0.15, 0.2) is 6.10 Å². The summed E-state index contributed by atoms with van der Waals surface area (Å²) < 4.78 is 33.5. The molecule has 8 atom stereocenters. The molecule has 1 aliphatic carbocycles. The van der Waals surface area contributed by atoms with Crippen LogP contribution < -0.4 is 0 Å². The van der Waals surface area contributed by atoms with Gasteiger partial charge >= 0.3 is 19.8 Å². The van der Waals surface area contributed by atoms with Crippen LogP contribution in [0.4, 0.5) is 0 Å². The number of hydrogen-bond acceptors (Lipinski definition) is 12. The molecule has 0 spiro atoms. The van der Waals surface area contributed by atoms with Gasteiger partial charge in [0.2, 0.25) is 0 Å². The first-order valence-corrected chi connectivity index (χ1v) is 24.6. The highest BCUT2D eigenvalue weighted by atomic mass is 31.2. The first kappa shape index (κ1) is 55.3. The van der Waals surface area contributed by atoms with E-state index >= 15 is 0 Å². The monoisotopic (exact) mass is 863 g/mol. The van der Waals surface area contributed by atoms with Gasteiger partial charge < -0.3 is 39.9 Å². The second-order valence-corrected chi connectivity index (χ2v) is 17.7. The maximum absolute atomic E-state index is 12.8. The molecule has 13 nitrogen and oxygen atoms in total. The molecule has 0 aromatic carbocycles. The number of carbonyl (C=O) groups is 2. The van der Waals surface area contributed by atoms with Gasteiger partial charge in [0.05, 0.1) is 6.61 Å². The Balaban J connectivity index is 2.45. The lowest BCUT2D eigenvalue weighted by molar-refractivity contribution is -0.220. The van der Waals surface area contributed by atoms with E-state index in [-0.39, 0.29) is 12.8 Å². The number of ether oxygens (including phenoxy) is 2. The third-order valence-electron chi connectivity index (χ3n) is 10.8. The van der Waals surface area contributed by atoms with Gasteiger partial charge in [-0.3, -0.25) is 18.6 Å². The van der Waals surface area contributed by atoms with E-state index in [1.54, 1.807) is 0 Å². The predicted octanol–water partition coefficient (Wildman–Crippen LogP) is 8.84. The zero-order valence-electron chi connectivity index (χ0n) is 36.6. The van der Waals surface area contributed by atoms with Crippen LogP contribution in [0.5, 0.6) is 0 Å². The Morgan fingerprint density at radius 1 is 0.508 bits per heavy atom. The number of phosphoric ester groups is 1. The smallest absolute Gasteiger partial charge is 0.462 e. The molecule has 1 rings (SSSR count). The number of unbranched alkanes of at least 4 members (excludes halogenated alkanes) is 22. The second-order valence-electron chi connectivity index (χ2n) is 16.3. The van der Waals surface area contributed by atoms with Crippen molar-refractivity contribution in [2.75, 3.05) is 13.2 Å². The van der Waals surface area contributed by atoms with Crippen LogP contribution in [0.25, 0.3) is 0 Å². The van der Waals surface area contributed by atoms with Crippen molar-refractivity contribution in [1.29, 1.82) is 0 Å². The molecular weight excluding hydrogens is 779 g/mol. The zero-order valence-corrected chi connectivity index (χ0v) is 37.4. The number of aliphatic hydroxyl groups is 5. The lowest BCUT2D eigenvalue weighted by Gasteiger charge is -2.41. The molecule has 0 radical (unpaired) electrons. The SMILES string of the molecule is CCCCCC/C=C/CCCCCCCCCCCC(=O)OC[C@@H](COP(=O)(O)OC1C(O)C(O)C(O)[C@H](O)C1O)OC(=O)CCCCC/C=C/CCCCCCCC. The van der Waals surface area contributed by atoms with Crippen molar-refractivity contribution >= 4 is 19.8 Å². The van der Waals surface area contributed by atoms with Crippen molar-refractivity contribution in [3.63, 3.8) is 0 Å². The van der Waals surface area contributed by atoms with Crippen LogP contribution in [-0.4, -0.2) is 98.3 Å². The molecule has 0 aromatic heterocycles. The molecule has 0 heterocycles. The van der Waals surface area contributed by atoms with Gasteiger partial charge in [0.25, 0.3) is 0 Å². The summed E-state index contributed by atoms with van der Waals surface area (Å²) in [5.41, 5.74) is 0. The fraction of sp³-hybridized carbons (Fsp3) is 0.867. The maximum atomic E-state index is 12.8. The van der Waals surface area contributed by atoms with Crippen LogP contribution in [0.2, 0.25) is 0 Å². The zero-order chi connectivity index (χ0) is 43.6. The highest BCUT2D eigenvalue weighted by molar-refractivity contribution is 7.47. The maximum Gasteiger partial charge on any atom is 0.472 e. The number of allylic oxidation sites excluding steroid dienone is 4. The molecule has 14 heteroatoms. The van der Waals surface area contributed by atoms with Crippen molar-refractivity contribution in [3.8, 4) is 0 Å². The van der Waals surface area contributed by atoms with Gasteiger partial charge in [-0.15, -0.1) is 0 Å². The topological polar surface area (TPSA) is 210 Å². The number of aliphatic hydroxyl groups excluding tert-OH is 5. The largest absolute Gasteiger partial charge is 0.472 e. The molecule has 0 aliphatic heterocycles. The predicted molar refractivity (Wildman–Crippen MR) is 230 cm³/mol. The molecule has 1 fully saturated rings.